The number of hydrogen-bond donors (Lipinski definition) is 1. The van der Waals surface area contributed by atoms with E-state index < -0.39 is 41.5 Å². The van der Waals surface area contributed by atoms with Crippen LogP contribution in [-0.2, 0) is 9.53 Å². The molecule has 5 heteroatoms. The fraction of sp³-hybridized carbons (Fsp3) is 0.833. The van der Waals surface area contributed by atoms with Crippen molar-refractivity contribution in [1.82, 2.24) is 4.90 Å². The Labute approximate surface area is 104 Å². The van der Waals surface area contributed by atoms with Crippen LogP contribution in [0.4, 0.5) is 4.79 Å². The van der Waals surface area contributed by atoms with Gasteiger partial charge in [0.15, 0.2) is 0 Å². The Balaban J connectivity index is 2.30. The van der Waals surface area contributed by atoms with Crippen molar-refractivity contribution < 1.29 is 22.2 Å². The summed E-state index contributed by atoms with van der Waals surface area (Å²) < 4.78 is 21.2. The first-order chi connectivity index (χ1) is 8.42. The zero-order valence-electron chi connectivity index (χ0n) is 12.5. The van der Waals surface area contributed by atoms with Crippen molar-refractivity contribution in [3.05, 3.63) is 0 Å². The largest absolute Gasteiger partial charge is 0.480 e. The lowest BCUT2D eigenvalue weighted by atomic mass is 10.0. The first kappa shape index (κ1) is 9.74. The van der Waals surface area contributed by atoms with Crippen LogP contribution in [0.1, 0.15) is 43.2 Å². The molecule has 0 aromatic rings. The van der Waals surface area contributed by atoms with Crippen LogP contribution >= 0.6 is 0 Å². The molecule has 1 heterocycles. The molecule has 0 bridgehead atoms. The molecular weight excluding hydrogens is 222 g/mol. The molecule has 0 unspecified atom stereocenters. The maximum atomic E-state index is 12.1. The summed E-state index contributed by atoms with van der Waals surface area (Å²) >= 11 is 0. The average Bonchev–Trinajstić information content (AvgIpc) is 2.79. The Hall–Kier alpha value is -1.26. The van der Waals surface area contributed by atoms with Gasteiger partial charge >= 0.3 is 12.1 Å². The van der Waals surface area contributed by atoms with E-state index in [1.165, 1.54) is 0 Å². The van der Waals surface area contributed by atoms with Crippen LogP contribution in [0.15, 0.2) is 0 Å². The van der Waals surface area contributed by atoms with E-state index in [0.717, 1.165) is 4.90 Å². The van der Waals surface area contributed by atoms with Crippen molar-refractivity contribution in [1.29, 1.82) is 0 Å². The minimum atomic E-state index is -1.94. The molecule has 96 valence electrons. The average molecular weight is 243 g/mol. The highest BCUT2D eigenvalue weighted by atomic mass is 16.6. The van der Waals surface area contributed by atoms with Gasteiger partial charge in [0, 0.05) is 8.78 Å². The second-order valence-corrected chi connectivity index (χ2v) is 5.91. The van der Waals surface area contributed by atoms with Gasteiger partial charge in [0.1, 0.15) is 11.6 Å². The molecule has 2 rings (SSSR count). The summed E-state index contributed by atoms with van der Waals surface area (Å²) in [4.78, 5) is 24.5. The smallest absolute Gasteiger partial charge is 0.411 e. The van der Waals surface area contributed by atoms with Gasteiger partial charge in [-0.05, 0) is 39.0 Å². The SMILES string of the molecule is [2H]C1([2H])[C@@H](C(=O)O)N(C(=O)OC(C)(C)C)[C@@H]2C[C@@]21C. The van der Waals surface area contributed by atoms with Gasteiger partial charge in [0.2, 0.25) is 0 Å². The molecule has 0 spiro atoms. The maximum Gasteiger partial charge on any atom is 0.411 e. The molecule has 2 fully saturated rings. The van der Waals surface area contributed by atoms with Crippen LogP contribution in [0.3, 0.4) is 0 Å². The van der Waals surface area contributed by atoms with Gasteiger partial charge in [-0.2, -0.15) is 0 Å². The number of hydrogen-bond acceptors (Lipinski definition) is 3. The molecular formula is C12H19NO4. The first-order valence-corrected chi connectivity index (χ1v) is 5.66. The molecule has 3 atom stereocenters. The molecule has 0 aromatic heterocycles. The molecule has 1 aliphatic carbocycles. The minimum Gasteiger partial charge on any atom is -0.480 e. The van der Waals surface area contributed by atoms with E-state index in [2.05, 4.69) is 0 Å². The normalized spacial score (nSPS) is 40.1. The molecule has 1 aliphatic heterocycles. The number of rotatable bonds is 1. The summed E-state index contributed by atoms with van der Waals surface area (Å²) in [5.74, 6) is -1.33. The van der Waals surface area contributed by atoms with Gasteiger partial charge in [-0.1, -0.05) is 6.92 Å². The summed E-state index contributed by atoms with van der Waals surface area (Å²) in [5, 5.41) is 9.23. The molecule has 17 heavy (non-hydrogen) atoms. The van der Waals surface area contributed by atoms with Crippen molar-refractivity contribution in [2.24, 2.45) is 5.41 Å². The highest BCUT2D eigenvalue weighted by molar-refractivity contribution is 5.82. The highest BCUT2D eigenvalue weighted by Crippen LogP contribution is 2.59. The predicted molar refractivity (Wildman–Crippen MR) is 60.6 cm³/mol. The first-order valence-electron chi connectivity index (χ1n) is 6.66. The Morgan fingerprint density at radius 3 is 2.59 bits per heavy atom. The van der Waals surface area contributed by atoms with Crippen LogP contribution in [-0.4, -0.2) is 39.8 Å². The van der Waals surface area contributed by atoms with Crippen LogP contribution < -0.4 is 0 Å². The van der Waals surface area contributed by atoms with Crippen molar-refractivity contribution in [3.63, 3.8) is 0 Å². The van der Waals surface area contributed by atoms with Gasteiger partial charge in [-0.3, -0.25) is 4.90 Å². The summed E-state index contributed by atoms with van der Waals surface area (Å²) in [6.07, 6.45) is -2.22. The van der Waals surface area contributed by atoms with Gasteiger partial charge in [0.05, 0.1) is 0 Å². The molecule has 1 saturated heterocycles. The van der Waals surface area contributed by atoms with Crippen LogP contribution in [0.2, 0.25) is 0 Å². The number of carboxylic acids is 1. The lowest BCUT2D eigenvalue weighted by molar-refractivity contribution is -0.142. The molecule has 1 saturated carbocycles. The standard InChI is InChI=1S/C12H19NO4/c1-11(2,3)17-10(16)13-7(9(14)15)5-12(4)6-8(12)13/h7-8H,5-6H2,1-4H3,(H,14,15)/t7-,8+,12-/m0/s1/i5D2. The number of aliphatic carboxylic acids is 1. The molecule has 0 aromatic carbocycles. The number of nitrogens with zero attached hydrogens (tertiary/aromatic N) is 1. The minimum absolute atomic E-state index is 0.390. The molecule has 1 amide bonds. The van der Waals surface area contributed by atoms with Crippen LogP contribution in [0, 0.1) is 5.41 Å². The van der Waals surface area contributed by atoms with Crippen molar-refractivity contribution >= 4 is 12.1 Å². The number of likely N-dealkylation sites (tertiary alicyclic amines) is 1. The number of ether oxygens (including phenoxy) is 1. The number of carbonyl (C=O) groups is 2. The Morgan fingerprint density at radius 1 is 1.53 bits per heavy atom. The Morgan fingerprint density at radius 2 is 2.12 bits per heavy atom. The van der Waals surface area contributed by atoms with Gasteiger partial charge < -0.3 is 9.84 Å². The number of fused-ring (bicyclic) bond motifs is 1. The fourth-order valence-corrected chi connectivity index (χ4v) is 2.19. The number of carbonyl (C=O) groups excluding carboxylic acids is 1. The molecule has 2 aliphatic rings. The summed E-state index contributed by atoms with van der Waals surface area (Å²) in [6, 6.07) is -1.87. The molecule has 5 nitrogen and oxygen atoms in total. The number of piperidine rings is 1. The van der Waals surface area contributed by atoms with Crippen LogP contribution in [0.25, 0.3) is 0 Å². The maximum absolute atomic E-state index is 12.1. The lowest BCUT2D eigenvalue weighted by Gasteiger charge is -2.28. The summed E-state index contributed by atoms with van der Waals surface area (Å²) in [7, 11) is 0. The van der Waals surface area contributed by atoms with E-state index in [0.29, 0.717) is 6.42 Å². The van der Waals surface area contributed by atoms with Crippen molar-refractivity contribution in [2.75, 3.05) is 0 Å². The second-order valence-electron chi connectivity index (χ2n) is 5.91. The zero-order valence-corrected chi connectivity index (χ0v) is 10.5. The quantitative estimate of drug-likeness (QED) is 0.763. The van der Waals surface area contributed by atoms with E-state index in [4.69, 9.17) is 7.48 Å². The Bertz CT molecular complexity index is 446. The van der Waals surface area contributed by atoms with E-state index >= 15 is 0 Å². The van der Waals surface area contributed by atoms with E-state index in [1.54, 1.807) is 27.7 Å². The molecule has 1 N–H and O–H groups in total. The second kappa shape index (κ2) is 3.37. The Kier molecular flexibility index (Phi) is 1.93. The van der Waals surface area contributed by atoms with Crippen molar-refractivity contribution in [2.45, 2.75) is 58.2 Å². The fourth-order valence-electron chi connectivity index (χ4n) is 2.19. The highest BCUT2D eigenvalue weighted by Gasteiger charge is 2.65. The van der Waals surface area contributed by atoms with E-state index in [-0.39, 0.29) is 0 Å². The van der Waals surface area contributed by atoms with Crippen LogP contribution in [0.5, 0.6) is 0 Å². The third-order valence-electron chi connectivity index (χ3n) is 3.11. The predicted octanol–water partition coefficient (Wildman–Crippen LogP) is 1.86. The van der Waals surface area contributed by atoms with Gasteiger partial charge in [0.25, 0.3) is 0 Å². The zero-order chi connectivity index (χ0) is 14.8. The summed E-state index contributed by atoms with van der Waals surface area (Å²) in [5.41, 5.74) is -1.52. The third-order valence-corrected chi connectivity index (χ3v) is 3.11. The summed E-state index contributed by atoms with van der Waals surface area (Å²) in [6.45, 7) is 6.75. The number of carboxylic acid groups (broad SMARTS) is 1. The third kappa shape index (κ3) is 2.10. The topological polar surface area (TPSA) is 66.8 Å². The lowest BCUT2D eigenvalue weighted by Crippen LogP contribution is -2.45. The monoisotopic (exact) mass is 243 g/mol. The number of amides is 1. The van der Waals surface area contributed by atoms with Gasteiger partial charge in [-0.15, -0.1) is 0 Å². The molecule has 0 radical (unpaired) electrons. The van der Waals surface area contributed by atoms with E-state index in [9.17, 15) is 14.7 Å². The van der Waals surface area contributed by atoms with Crippen molar-refractivity contribution in [3.8, 4) is 0 Å². The van der Waals surface area contributed by atoms with E-state index in [1.807, 2.05) is 0 Å². The van der Waals surface area contributed by atoms with Gasteiger partial charge in [-0.25, -0.2) is 9.59 Å².